The molecule has 0 aliphatic carbocycles. The number of aromatic nitrogens is 1. The number of methoxy groups -OCH3 is 1. The third-order valence-corrected chi connectivity index (χ3v) is 3.46. The second-order valence-corrected chi connectivity index (χ2v) is 6.18. The van der Waals surface area contributed by atoms with Gasteiger partial charge in [-0.05, 0) is 38.7 Å². The van der Waals surface area contributed by atoms with Crippen LogP contribution >= 0.6 is 0 Å². The molecule has 0 spiro atoms. The Morgan fingerprint density at radius 1 is 1.45 bits per heavy atom. The first-order valence-corrected chi connectivity index (χ1v) is 7.78. The van der Waals surface area contributed by atoms with Crippen molar-refractivity contribution in [3.63, 3.8) is 0 Å². The van der Waals surface area contributed by atoms with Crippen LogP contribution in [0.5, 0.6) is 5.88 Å². The van der Waals surface area contributed by atoms with Crippen molar-refractivity contribution in [3.05, 3.63) is 17.8 Å². The van der Waals surface area contributed by atoms with Crippen LogP contribution in [0.4, 0.5) is 5.69 Å². The molecule has 1 rings (SSSR count). The maximum atomic E-state index is 12.5. The molecule has 1 aromatic heterocycles. The van der Waals surface area contributed by atoms with Gasteiger partial charge in [0.15, 0.2) is 0 Å². The summed E-state index contributed by atoms with van der Waals surface area (Å²) in [6.07, 6.45) is 3.20. The van der Waals surface area contributed by atoms with Crippen molar-refractivity contribution in [2.75, 3.05) is 19.0 Å². The molecule has 0 radical (unpaired) electrons. The van der Waals surface area contributed by atoms with Gasteiger partial charge in [0.2, 0.25) is 5.88 Å². The lowest BCUT2D eigenvalue weighted by molar-refractivity contribution is -0.137. The van der Waals surface area contributed by atoms with E-state index in [2.05, 4.69) is 24.1 Å². The smallest absolute Gasteiger partial charge is 0.256 e. The Hall–Kier alpha value is -1.62. The molecule has 5 heteroatoms. The van der Waals surface area contributed by atoms with Gasteiger partial charge in [-0.3, -0.25) is 4.79 Å². The number of pyridine rings is 1. The predicted octanol–water partition coefficient (Wildman–Crippen LogP) is 3.57. The lowest BCUT2D eigenvalue weighted by Crippen LogP contribution is -2.43. The van der Waals surface area contributed by atoms with Crippen molar-refractivity contribution in [1.82, 2.24) is 4.98 Å². The van der Waals surface area contributed by atoms with Gasteiger partial charge in [0.05, 0.1) is 18.5 Å². The Bertz CT molecular complexity index is 503. The zero-order valence-corrected chi connectivity index (χ0v) is 14.5. The minimum Gasteiger partial charge on any atom is -0.477 e. The Kier molecular flexibility index (Phi) is 6.81. The van der Waals surface area contributed by atoms with Crippen molar-refractivity contribution in [1.29, 1.82) is 0 Å². The van der Waals surface area contributed by atoms with Crippen LogP contribution in [0.25, 0.3) is 0 Å². The van der Waals surface area contributed by atoms with Crippen LogP contribution in [0, 0.1) is 12.8 Å². The number of carbonyl (C=O) groups excluding carboxylic acids is 1. The lowest BCUT2D eigenvalue weighted by Gasteiger charge is -2.28. The summed E-state index contributed by atoms with van der Waals surface area (Å²) in [5.74, 6) is 0.809. The highest BCUT2D eigenvalue weighted by molar-refractivity contribution is 5.97. The first-order valence-electron chi connectivity index (χ1n) is 7.78. The number of amides is 1. The van der Waals surface area contributed by atoms with Crippen LogP contribution in [0.3, 0.4) is 0 Å². The van der Waals surface area contributed by atoms with Gasteiger partial charge in [0, 0.05) is 12.7 Å². The quantitative estimate of drug-likeness (QED) is 0.797. The first kappa shape index (κ1) is 18.4. The number of aryl methyl sites for hydroxylation is 1. The molecule has 0 aliphatic rings. The van der Waals surface area contributed by atoms with E-state index in [0.717, 1.165) is 12.0 Å². The molecule has 0 bridgehead atoms. The van der Waals surface area contributed by atoms with E-state index in [0.29, 0.717) is 30.5 Å². The molecule has 0 aromatic carbocycles. The molecule has 0 saturated heterocycles. The molecular weight excluding hydrogens is 280 g/mol. The molecule has 1 N–H and O–H groups in total. The lowest BCUT2D eigenvalue weighted by atomic mass is 9.93. The summed E-state index contributed by atoms with van der Waals surface area (Å²) in [7, 11) is 1.56. The number of ether oxygens (including phenoxy) is 2. The monoisotopic (exact) mass is 308 g/mol. The minimum absolute atomic E-state index is 0.160. The van der Waals surface area contributed by atoms with Crippen molar-refractivity contribution in [2.45, 2.75) is 53.1 Å². The third kappa shape index (κ3) is 4.98. The van der Waals surface area contributed by atoms with Gasteiger partial charge >= 0.3 is 0 Å². The molecule has 124 valence electrons. The fraction of sp³-hybridized carbons (Fsp3) is 0.647. The Balaban J connectivity index is 2.81. The molecule has 0 fully saturated rings. The molecule has 1 heterocycles. The third-order valence-electron chi connectivity index (χ3n) is 3.46. The van der Waals surface area contributed by atoms with Crippen molar-refractivity contribution in [3.8, 4) is 5.88 Å². The summed E-state index contributed by atoms with van der Waals surface area (Å²) in [4.78, 5) is 16.7. The van der Waals surface area contributed by atoms with Crippen LogP contribution in [0.1, 0.15) is 46.1 Å². The van der Waals surface area contributed by atoms with E-state index in [-0.39, 0.29) is 5.91 Å². The SMILES string of the molecule is CCCOc1ncc(NC(=O)[C@](C)(CC(C)C)OC)cc1C. The van der Waals surface area contributed by atoms with Gasteiger partial charge < -0.3 is 14.8 Å². The van der Waals surface area contributed by atoms with E-state index in [9.17, 15) is 4.79 Å². The van der Waals surface area contributed by atoms with Crippen molar-refractivity contribution < 1.29 is 14.3 Å². The van der Waals surface area contributed by atoms with E-state index in [1.165, 1.54) is 0 Å². The van der Waals surface area contributed by atoms with Gasteiger partial charge in [-0.2, -0.15) is 0 Å². The second-order valence-electron chi connectivity index (χ2n) is 6.18. The topological polar surface area (TPSA) is 60.5 Å². The van der Waals surface area contributed by atoms with Crippen LogP contribution in [-0.2, 0) is 9.53 Å². The fourth-order valence-electron chi connectivity index (χ4n) is 2.29. The van der Waals surface area contributed by atoms with Gasteiger partial charge in [-0.1, -0.05) is 20.8 Å². The van der Waals surface area contributed by atoms with Gasteiger partial charge in [0.1, 0.15) is 5.60 Å². The molecule has 0 aliphatic heterocycles. The molecule has 1 amide bonds. The summed E-state index contributed by atoms with van der Waals surface area (Å²) >= 11 is 0. The van der Waals surface area contributed by atoms with Crippen LogP contribution in [-0.4, -0.2) is 30.2 Å². The largest absolute Gasteiger partial charge is 0.477 e. The number of hydrogen-bond donors (Lipinski definition) is 1. The Morgan fingerprint density at radius 2 is 2.14 bits per heavy atom. The zero-order valence-electron chi connectivity index (χ0n) is 14.5. The zero-order chi connectivity index (χ0) is 16.8. The average molecular weight is 308 g/mol. The Labute approximate surface area is 133 Å². The Morgan fingerprint density at radius 3 is 2.64 bits per heavy atom. The molecule has 5 nitrogen and oxygen atoms in total. The van der Waals surface area contributed by atoms with Crippen LogP contribution < -0.4 is 10.1 Å². The minimum atomic E-state index is -0.848. The van der Waals surface area contributed by atoms with Gasteiger partial charge in [-0.15, -0.1) is 0 Å². The first-order chi connectivity index (χ1) is 10.3. The van der Waals surface area contributed by atoms with Crippen LogP contribution in [0.2, 0.25) is 0 Å². The van der Waals surface area contributed by atoms with E-state index in [1.807, 2.05) is 19.9 Å². The normalized spacial score (nSPS) is 13.8. The number of nitrogens with zero attached hydrogens (tertiary/aromatic N) is 1. The van der Waals surface area contributed by atoms with Crippen molar-refractivity contribution >= 4 is 11.6 Å². The van der Waals surface area contributed by atoms with E-state index in [1.54, 1.807) is 20.2 Å². The van der Waals surface area contributed by atoms with Gasteiger partial charge in [-0.25, -0.2) is 4.98 Å². The molecular formula is C17H28N2O3. The van der Waals surface area contributed by atoms with E-state index in [4.69, 9.17) is 9.47 Å². The number of hydrogen-bond acceptors (Lipinski definition) is 4. The van der Waals surface area contributed by atoms with E-state index >= 15 is 0 Å². The summed E-state index contributed by atoms with van der Waals surface area (Å²) in [5.41, 5.74) is 0.701. The number of carbonyl (C=O) groups is 1. The number of nitrogens with one attached hydrogen (secondary N) is 1. The maximum Gasteiger partial charge on any atom is 0.256 e. The summed E-state index contributed by atoms with van der Waals surface area (Å²) in [6, 6.07) is 1.86. The van der Waals surface area contributed by atoms with Crippen LogP contribution in [0.15, 0.2) is 12.3 Å². The number of rotatable bonds is 8. The maximum absolute atomic E-state index is 12.5. The highest BCUT2D eigenvalue weighted by Gasteiger charge is 2.34. The highest BCUT2D eigenvalue weighted by Crippen LogP contribution is 2.24. The number of anilines is 1. The molecule has 22 heavy (non-hydrogen) atoms. The standard InChI is InChI=1S/C17H28N2O3/c1-7-8-22-15-13(4)9-14(11-18-15)19-16(20)17(5,21-6)10-12(2)3/h9,11-12H,7-8,10H2,1-6H3,(H,19,20)/t17-/m0/s1. The highest BCUT2D eigenvalue weighted by atomic mass is 16.5. The fourth-order valence-corrected chi connectivity index (χ4v) is 2.29. The molecule has 1 atom stereocenters. The average Bonchev–Trinajstić information content (AvgIpc) is 2.45. The summed E-state index contributed by atoms with van der Waals surface area (Å²) < 4.78 is 11.0. The molecule has 1 aromatic rings. The summed E-state index contributed by atoms with van der Waals surface area (Å²) in [6.45, 7) is 10.5. The molecule has 0 saturated carbocycles. The van der Waals surface area contributed by atoms with E-state index < -0.39 is 5.60 Å². The molecule has 0 unspecified atom stereocenters. The summed E-state index contributed by atoms with van der Waals surface area (Å²) in [5, 5.41) is 2.88. The predicted molar refractivity (Wildman–Crippen MR) is 88.3 cm³/mol. The second kappa shape index (κ2) is 8.13. The van der Waals surface area contributed by atoms with Gasteiger partial charge in [0.25, 0.3) is 5.91 Å². The van der Waals surface area contributed by atoms with Crippen molar-refractivity contribution in [2.24, 2.45) is 5.92 Å².